The fraction of sp³-hybridized carbons (Fsp3) is 0.667. The van der Waals surface area contributed by atoms with Crippen molar-refractivity contribution in [2.75, 3.05) is 25.6 Å². The molecule has 6 nitrogen and oxygen atoms in total. The maximum absolute atomic E-state index is 11.0. The van der Waals surface area contributed by atoms with Gasteiger partial charge in [-0.05, 0) is 5.92 Å². The van der Waals surface area contributed by atoms with E-state index in [1.54, 1.807) is 18.4 Å². The molecule has 0 aliphatic carbocycles. The topological polar surface area (TPSA) is 83.5 Å². The molecule has 0 aliphatic rings. The Bertz CT molecular complexity index is 555. The Morgan fingerprint density at radius 3 is 2.57 bits per heavy atom. The first kappa shape index (κ1) is 20.6. The predicted octanol–water partition coefficient (Wildman–Crippen LogP) is 1.59. The third-order valence-electron chi connectivity index (χ3n) is 2.56. The molecule has 1 rings (SSSR count). The van der Waals surface area contributed by atoms with Crippen molar-refractivity contribution < 1.29 is 8.42 Å². The fourth-order valence-electron chi connectivity index (χ4n) is 1.41. The number of nitrogens with one attached hydrogen (secondary N) is 2. The number of aliphatic imine (C=N–C) groups is 1. The third kappa shape index (κ3) is 8.57. The van der Waals surface area contributed by atoms with Crippen LogP contribution in [0.4, 0.5) is 0 Å². The number of thiazole rings is 1. The molecule has 0 saturated carbocycles. The van der Waals surface area contributed by atoms with Gasteiger partial charge in [0.05, 0.1) is 18.0 Å². The lowest BCUT2D eigenvalue weighted by molar-refractivity contribution is 0.600. The minimum atomic E-state index is -2.96. The Kier molecular flexibility index (Phi) is 9.38. The summed E-state index contributed by atoms with van der Waals surface area (Å²) in [4.78, 5) is 8.55. The number of nitrogens with zero attached hydrogens (tertiary/aromatic N) is 2. The van der Waals surface area contributed by atoms with Gasteiger partial charge in [0, 0.05) is 25.2 Å². The highest BCUT2D eigenvalue weighted by Crippen LogP contribution is 2.17. The van der Waals surface area contributed by atoms with Crippen LogP contribution in [-0.4, -0.2) is 45.0 Å². The highest BCUT2D eigenvalue weighted by Gasteiger charge is 2.07. The molecule has 21 heavy (non-hydrogen) atoms. The highest BCUT2D eigenvalue weighted by molar-refractivity contribution is 14.0. The average Bonchev–Trinajstić information content (AvgIpc) is 2.81. The molecule has 0 amide bonds. The number of guanidine groups is 1. The van der Waals surface area contributed by atoms with Gasteiger partial charge in [-0.2, -0.15) is 0 Å². The number of hydrogen-bond acceptors (Lipinski definition) is 5. The van der Waals surface area contributed by atoms with Crippen LogP contribution in [0.3, 0.4) is 0 Å². The minimum absolute atomic E-state index is 0. The average molecular weight is 446 g/mol. The normalized spacial score (nSPS) is 12.1. The van der Waals surface area contributed by atoms with Crippen LogP contribution in [0.1, 0.15) is 30.5 Å². The number of halogens is 1. The van der Waals surface area contributed by atoms with Crippen molar-refractivity contribution in [3.05, 3.63) is 16.1 Å². The lowest BCUT2D eigenvalue weighted by Crippen LogP contribution is -2.39. The zero-order valence-corrected chi connectivity index (χ0v) is 16.7. The summed E-state index contributed by atoms with van der Waals surface area (Å²) < 4.78 is 22.1. The quantitative estimate of drug-likeness (QED) is 0.394. The molecule has 0 saturated heterocycles. The summed E-state index contributed by atoms with van der Waals surface area (Å²) in [6.07, 6.45) is 1.22. The molecule has 0 bridgehead atoms. The lowest BCUT2D eigenvalue weighted by atomic mass is 10.2. The molecular weight excluding hydrogens is 423 g/mol. The van der Waals surface area contributed by atoms with E-state index < -0.39 is 9.84 Å². The van der Waals surface area contributed by atoms with E-state index in [1.807, 2.05) is 0 Å². The summed E-state index contributed by atoms with van der Waals surface area (Å²) in [6, 6.07) is 0. The van der Waals surface area contributed by atoms with E-state index in [0.29, 0.717) is 25.0 Å². The van der Waals surface area contributed by atoms with Gasteiger partial charge in [0.2, 0.25) is 0 Å². The largest absolute Gasteiger partial charge is 0.355 e. The summed E-state index contributed by atoms with van der Waals surface area (Å²) in [5.74, 6) is 1.09. The molecule has 0 radical (unpaired) electrons. The minimum Gasteiger partial charge on any atom is -0.355 e. The molecular formula is C12H23IN4O2S2. The third-order valence-corrected chi connectivity index (χ3v) is 4.37. The van der Waals surface area contributed by atoms with Crippen molar-refractivity contribution in [3.63, 3.8) is 0 Å². The van der Waals surface area contributed by atoms with E-state index in [4.69, 9.17) is 0 Å². The molecule has 1 aromatic rings. The Balaban J connectivity index is 0.00000400. The summed E-state index contributed by atoms with van der Waals surface area (Å²) in [5.41, 5.74) is 1.09. The van der Waals surface area contributed by atoms with Crippen LogP contribution in [0.5, 0.6) is 0 Å². The van der Waals surface area contributed by atoms with Crippen molar-refractivity contribution in [1.82, 2.24) is 15.6 Å². The maximum atomic E-state index is 11.0. The first-order valence-electron chi connectivity index (χ1n) is 6.38. The number of hydrogen-bond donors (Lipinski definition) is 2. The monoisotopic (exact) mass is 446 g/mol. The van der Waals surface area contributed by atoms with Gasteiger partial charge in [0.15, 0.2) is 5.96 Å². The zero-order valence-electron chi connectivity index (χ0n) is 12.7. The van der Waals surface area contributed by atoms with Gasteiger partial charge < -0.3 is 10.6 Å². The van der Waals surface area contributed by atoms with Gasteiger partial charge in [0.1, 0.15) is 14.8 Å². The Morgan fingerprint density at radius 1 is 1.43 bits per heavy atom. The predicted molar refractivity (Wildman–Crippen MR) is 99.5 cm³/mol. The standard InChI is InChI=1S/C12H22N4O2S2.HI/c1-9(2)10-8-19-11(16-10)7-15-12(13-3)14-5-6-20(4,17)18;/h8-9H,5-7H2,1-4H3,(H2,13,14,15);1H. The van der Waals surface area contributed by atoms with Crippen molar-refractivity contribution >= 4 is 51.1 Å². The van der Waals surface area contributed by atoms with Crippen molar-refractivity contribution in [2.45, 2.75) is 26.3 Å². The Hall–Kier alpha value is -0.420. The van der Waals surface area contributed by atoms with Crippen molar-refractivity contribution in [3.8, 4) is 0 Å². The molecule has 0 aliphatic heterocycles. The van der Waals surface area contributed by atoms with Gasteiger partial charge in [-0.1, -0.05) is 13.8 Å². The second kappa shape index (κ2) is 9.57. The van der Waals surface area contributed by atoms with Crippen LogP contribution in [-0.2, 0) is 16.4 Å². The van der Waals surface area contributed by atoms with Gasteiger partial charge in [0.25, 0.3) is 0 Å². The summed E-state index contributed by atoms with van der Waals surface area (Å²) in [5, 5.41) is 9.12. The van der Waals surface area contributed by atoms with Crippen LogP contribution >= 0.6 is 35.3 Å². The van der Waals surface area contributed by atoms with Crippen LogP contribution in [0.25, 0.3) is 0 Å². The van der Waals surface area contributed by atoms with Crippen molar-refractivity contribution in [2.24, 2.45) is 4.99 Å². The smallest absolute Gasteiger partial charge is 0.191 e. The first-order chi connectivity index (χ1) is 9.31. The summed E-state index contributed by atoms with van der Waals surface area (Å²) >= 11 is 1.61. The van der Waals surface area contributed by atoms with Gasteiger partial charge in [-0.25, -0.2) is 13.4 Å². The summed E-state index contributed by atoms with van der Waals surface area (Å²) in [7, 11) is -1.31. The Labute approximate surface area is 147 Å². The van der Waals surface area contributed by atoms with Crippen LogP contribution in [0.15, 0.2) is 10.4 Å². The van der Waals surface area contributed by atoms with Crippen molar-refractivity contribution in [1.29, 1.82) is 0 Å². The number of rotatable bonds is 6. The van der Waals surface area contributed by atoms with E-state index in [-0.39, 0.29) is 29.7 Å². The fourth-order valence-corrected chi connectivity index (χ4v) is 2.77. The molecule has 0 fully saturated rings. The maximum Gasteiger partial charge on any atom is 0.191 e. The number of sulfone groups is 1. The molecule has 0 atom stereocenters. The molecule has 1 aromatic heterocycles. The SMILES string of the molecule is CN=C(NCCS(C)(=O)=O)NCc1nc(C(C)C)cs1.I. The highest BCUT2D eigenvalue weighted by atomic mass is 127. The van der Waals surface area contributed by atoms with E-state index in [0.717, 1.165) is 10.7 Å². The lowest BCUT2D eigenvalue weighted by Gasteiger charge is -2.10. The van der Waals surface area contributed by atoms with Crippen LogP contribution in [0, 0.1) is 0 Å². The van der Waals surface area contributed by atoms with E-state index in [2.05, 4.69) is 39.8 Å². The summed E-state index contributed by atoms with van der Waals surface area (Å²) in [6.45, 7) is 5.14. The second-order valence-electron chi connectivity index (χ2n) is 4.80. The van der Waals surface area contributed by atoms with Gasteiger partial charge in [-0.15, -0.1) is 35.3 Å². The van der Waals surface area contributed by atoms with E-state index in [1.165, 1.54) is 6.26 Å². The molecule has 9 heteroatoms. The molecule has 0 spiro atoms. The molecule has 122 valence electrons. The molecule has 2 N–H and O–H groups in total. The van der Waals surface area contributed by atoms with Gasteiger partial charge in [-0.3, -0.25) is 4.99 Å². The van der Waals surface area contributed by atoms with Gasteiger partial charge >= 0.3 is 0 Å². The van der Waals surface area contributed by atoms with E-state index in [9.17, 15) is 8.42 Å². The molecule has 1 heterocycles. The first-order valence-corrected chi connectivity index (χ1v) is 9.32. The molecule has 0 aromatic carbocycles. The Morgan fingerprint density at radius 2 is 2.10 bits per heavy atom. The van der Waals surface area contributed by atoms with E-state index >= 15 is 0 Å². The van der Waals surface area contributed by atoms with Crippen LogP contribution in [0.2, 0.25) is 0 Å². The molecule has 0 unspecified atom stereocenters. The second-order valence-corrected chi connectivity index (χ2v) is 8.01. The number of aromatic nitrogens is 1. The zero-order chi connectivity index (χ0) is 15.2. The van der Waals surface area contributed by atoms with Crippen LogP contribution < -0.4 is 10.6 Å².